The van der Waals surface area contributed by atoms with E-state index < -0.39 is 0 Å². The molecule has 1 nitrogen and oxygen atoms in total. The van der Waals surface area contributed by atoms with Gasteiger partial charge in [0.2, 0.25) is 0 Å². The monoisotopic (exact) mass is 155 g/mol. The quantitative estimate of drug-likeness (QED) is 0.465. The van der Waals surface area contributed by atoms with Crippen LogP contribution in [0.2, 0.25) is 0 Å². The maximum absolute atomic E-state index is 0. The minimum Gasteiger partial charge on any atom is -0.344 e. The van der Waals surface area contributed by atoms with Crippen LogP contribution in [0.5, 0.6) is 0 Å². The summed E-state index contributed by atoms with van der Waals surface area (Å²) in [6.45, 7) is 0. The third-order valence-corrected chi connectivity index (χ3v) is 0. The first-order valence-electron chi connectivity index (χ1n) is 0. The van der Waals surface area contributed by atoms with E-state index in [0.29, 0.717) is 0 Å². The van der Waals surface area contributed by atoms with E-state index in [1.165, 1.54) is 0 Å². The molecule has 0 aromatic carbocycles. The van der Waals surface area contributed by atoms with Crippen molar-refractivity contribution in [1.29, 1.82) is 0 Å². The Morgan fingerprint density at radius 3 is 1.00 bits per heavy atom. The number of rotatable bonds is 0. The molecule has 0 saturated carbocycles. The second-order valence-corrected chi connectivity index (χ2v) is 0. The van der Waals surface area contributed by atoms with Gasteiger partial charge in [0, 0.05) is 26.2 Å². The van der Waals surface area contributed by atoms with E-state index in [1.807, 2.05) is 0 Å². The molecule has 0 atom stereocenters. The van der Waals surface area contributed by atoms with Crippen molar-refractivity contribution in [1.82, 2.24) is 6.15 Å². The average Bonchev–Trinajstić information content (AvgIpc) is 0. The zero-order valence-electron chi connectivity index (χ0n) is 1.21. The zero-order chi connectivity index (χ0) is 0. The summed E-state index contributed by atoms with van der Waals surface area (Å²) in [5, 5.41) is 0. The molecular weight excluding hydrogens is 145 g/mol. The van der Waals surface area contributed by atoms with Crippen LogP contribution in [-0.2, 0) is 26.2 Å². The van der Waals surface area contributed by atoms with Crippen LogP contribution in [0.4, 0.5) is 0 Å². The average molecular weight is 156 g/mol. The largest absolute Gasteiger partial charge is 0.344 e. The number of hydrogen-bond donors (Lipinski definition) is 1. The molecule has 0 aliphatic heterocycles. The van der Waals surface area contributed by atoms with E-state index in [4.69, 9.17) is 0 Å². The molecule has 0 radical (unpaired) electrons. The molecule has 0 amide bonds. The smallest absolute Gasteiger partial charge is 0 e. The van der Waals surface area contributed by atoms with Gasteiger partial charge in [0.25, 0.3) is 0 Å². The topological polar surface area (TPSA) is 35.0 Å². The molecule has 0 bridgehead atoms. The molecule has 0 unspecified atom stereocenters. The summed E-state index contributed by atoms with van der Waals surface area (Å²) in [6.07, 6.45) is 0. The van der Waals surface area contributed by atoms with Crippen molar-refractivity contribution in [3.63, 3.8) is 0 Å². The van der Waals surface area contributed by atoms with E-state index in [9.17, 15) is 0 Å². The van der Waals surface area contributed by atoms with Crippen molar-refractivity contribution in [2.75, 3.05) is 0 Å². The molecule has 0 heterocycles. The Morgan fingerprint density at radius 2 is 1.00 bits per heavy atom. The van der Waals surface area contributed by atoms with Gasteiger partial charge in [-0.25, -0.2) is 0 Å². The first-order valence-corrected chi connectivity index (χ1v) is 0. The molecule has 0 saturated heterocycles. The summed E-state index contributed by atoms with van der Waals surface area (Å²) in [4.78, 5) is 0. The van der Waals surface area contributed by atoms with E-state index in [-0.39, 0.29) is 50.7 Å². The normalized spacial score (nSPS) is 0. The maximum atomic E-state index is 0. The van der Waals surface area contributed by atoms with E-state index in [1.54, 1.807) is 0 Å². The molecule has 0 aliphatic rings. The fraction of sp³-hybridized carbons (Fsp3) is 1.00. The standard InChI is InChI=1S/CH4.H3N.H4Si.Zr/h1H4;1H3;1H4;. The van der Waals surface area contributed by atoms with Gasteiger partial charge in [-0.3, -0.25) is 0 Å². The molecule has 4 heavy (non-hydrogen) atoms. The van der Waals surface area contributed by atoms with E-state index in [2.05, 4.69) is 0 Å². The van der Waals surface area contributed by atoms with Gasteiger partial charge >= 0.3 is 0 Å². The second-order valence-electron chi connectivity index (χ2n) is 0. The Balaban J connectivity index is 0. The second kappa shape index (κ2) is 33.8. The Bertz CT molecular complexity index is 8.00. The van der Waals surface area contributed by atoms with Crippen molar-refractivity contribution in [2.45, 2.75) is 7.43 Å². The molecule has 28 valence electrons. The van der Waals surface area contributed by atoms with Crippen molar-refractivity contribution in [3.8, 4) is 0 Å². The SMILES string of the molecule is C.N.[SiH4].[Zr]. The van der Waals surface area contributed by atoms with Crippen molar-refractivity contribution in [3.05, 3.63) is 0 Å². The Labute approximate surface area is 50.9 Å². The molecule has 0 fully saturated rings. The van der Waals surface area contributed by atoms with Gasteiger partial charge in [0.05, 0.1) is 0 Å². The van der Waals surface area contributed by atoms with Crippen LogP contribution >= 0.6 is 0 Å². The summed E-state index contributed by atoms with van der Waals surface area (Å²) in [7, 11) is 0. The number of hydrogen-bond acceptors (Lipinski definition) is 1. The summed E-state index contributed by atoms with van der Waals surface area (Å²) in [6, 6.07) is 0. The summed E-state index contributed by atoms with van der Waals surface area (Å²) < 4.78 is 0. The first-order chi connectivity index (χ1) is 0. The summed E-state index contributed by atoms with van der Waals surface area (Å²) in [5.74, 6) is 0. The predicted molar refractivity (Wildman–Crippen MR) is 23.1 cm³/mol. The van der Waals surface area contributed by atoms with Gasteiger partial charge in [0.15, 0.2) is 0 Å². The van der Waals surface area contributed by atoms with Crippen molar-refractivity contribution < 1.29 is 26.2 Å². The summed E-state index contributed by atoms with van der Waals surface area (Å²) in [5.41, 5.74) is 0. The summed E-state index contributed by atoms with van der Waals surface area (Å²) >= 11 is 0. The molecular formula is CH11NSiZr. The Hall–Kier alpha value is 1.06. The van der Waals surface area contributed by atoms with E-state index >= 15 is 0 Å². The molecule has 0 aliphatic carbocycles. The van der Waals surface area contributed by atoms with Crippen LogP contribution in [0.25, 0.3) is 0 Å². The molecule has 0 aromatic rings. The fourth-order valence-corrected chi connectivity index (χ4v) is 0. The molecule has 3 N–H and O–H groups in total. The van der Waals surface area contributed by atoms with Crippen molar-refractivity contribution in [2.24, 2.45) is 0 Å². The van der Waals surface area contributed by atoms with Gasteiger partial charge < -0.3 is 6.15 Å². The Morgan fingerprint density at radius 1 is 1.00 bits per heavy atom. The van der Waals surface area contributed by atoms with Gasteiger partial charge in [0.1, 0.15) is 0 Å². The minimum atomic E-state index is 0. The van der Waals surface area contributed by atoms with Gasteiger partial charge in [-0.1, -0.05) is 7.43 Å². The van der Waals surface area contributed by atoms with E-state index in [0.717, 1.165) is 0 Å². The first kappa shape index (κ1) is 74.2. The van der Waals surface area contributed by atoms with Crippen LogP contribution in [0.1, 0.15) is 7.43 Å². The molecule has 0 rings (SSSR count). The third-order valence-electron chi connectivity index (χ3n) is 0. The van der Waals surface area contributed by atoms with Crippen LogP contribution in [0, 0.1) is 0 Å². The Kier molecular flexibility index (Phi) is 628. The fourth-order valence-electron chi connectivity index (χ4n) is 0. The van der Waals surface area contributed by atoms with Gasteiger partial charge in [-0.2, -0.15) is 0 Å². The van der Waals surface area contributed by atoms with Crippen LogP contribution in [0.15, 0.2) is 0 Å². The molecule has 0 spiro atoms. The van der Waals surface area contributed by atoms with Gasteiger partial charge in [-0.15, -0.1) is 0 Å². The molecule has 3 heteroatoms. The van der Waals surface area contributed by atoms with Crippen LogP contribution in [0.3, 0.4) is 0 Å². The minimum absolute atomic E-state index is 0. The zero-order valence-corrected chi connectivity index (χ0v) is 3.67. The van der Waals surface area contributed by atoms with Crippen molar-refractivity contribution >= 4 is 11.0 Å². The molecule has 0 aromatic heterocycles. The van der Waals surface area contributed by atoms with Crippen LogP contribution < -0.4 is 6.15 Å². The van der Waals surface area contributed by atoms with Gasteiger partial charge in [-0.05, 0) is 11.0 Å². The third kappa shape index (κ3) is 11.6. The predicted octanol–water partition coefficient (Wildman–Crippen LogP) is -0.656. The maximum Gasteiger partial charge on any atom is 0 e. The van der Waals surface area contributed by atoms with Crippen LogP contribution in [-0.4, -0.2) is 11.0 Å².